The molecular weight excluding hydrogens is 188 g/mol. The highest BCUT2D eigenvalue weighted by atomic mass is 16.5. The van der Waals surface area contributed by atoms with Crippen LogP contribution in [0.3, 0.4) is 0 Å². The second kappa shape index (κ2) is 4.55. The number of methoxy groups -OCH3 is 1. The number of hydrogen-bond donors (Lipinski definition) is 0. The van der Waals surface area contributed by atoms with Crippen LogP contribution in [-0.2, 0) is 6.54 Å². The van der Waals surface area contributed by atoms with Crippen LogP contribution in [0.4, 0.5) is 0 Å². The Balaban J connectivity index is 2.17. The molecule has 0 atom stereocenters. The molecular formula is C12H13N2O+. The van der Waals surface area contributed by atoms with Crippen LogP contribution < -0.4 is 9.30 Å². The molecule has 1 aromatic carbocycles. The predicted molar refractivity (Wildman–Crippen MR) is 56.5 cm³/mol. The minimum atomic E-state index is 0.633. The zero-order valence-corrected chi connectivity index (χ0v) is 8.63. The SMILES string of the molecule is COc1c[n+](Cc2ccccc2)ccn1. The van der Waals surface area contributed by atoms with E-state index in [2.05, 4.69) is 17.1 Å². The molecule has 15 heavy (non-hydrogen) atoms. The Kier molecular flexibility index (Phi) is 2.93. The Hall–Kier alpha value is -1.90. The maximum Gasteiger partial charge on any atom is 0.279 e. The van der Waals surface area contributed by atoms with Crippen LogP contribution in [0, 0.1) is 0 Å². The van der Waals surface area contributed by atoms with Crippen LogP contribution in [0.1, 0.15) is 5.56 Å². The fraction of sp³-hybridized carbons (Fsp3) is 0.167. The van der Waals surface area contributed by atoms with Crippen LogP contribution in [0.15, 0.2) is 48.9 Å². The van der Waals surface area contributed by atoms with Gasteiger partial charge in [-0.15, -0.1) is 0 Å². The van der Waals surface area contributed by atoms with Crippen molar-refractivity contribution in [1.29, 1.82) is 0 Å². The molecule has 0 fully saturated rings. The first kappa shape index (κ1) is 9.65. The first-order valence-electron chi connectivity index (χ1n) is 4.81. The molecule has 1 aromatic heterocycles. The third kappa shape index (κ3) is 2.53. The highest BCUT2D eigenvalue weighted by Gasteiger charge is 2.04. The average molecular weight is 201 g/mol. The van der Waals surface area contributed by atoms with Gasteiger partial charge >= 0.3 is 0 Å². The van der Waals surface area contributed by atoms with Gasteiger partial charge in [-0.05, 0) is 0 Å². The van der Waals surface area contributed by atoms with Crippen molar-refractivity contribution in [2.75, 3.05) is 7.11 Å². The zero-order valence-electron chi connectivity index (χ0n) is 8.63. The molecule has 1 heterocycles. The number of aromatic nitrogens is 2. The van der Waals surface area contributed by atoms with Gasteiger partial charge in [-0.2, -0.15) is 4.57 Å². The van der Waals surface area contributed by atoms with Gasteiger partial charge in [0.2, 0.25) is 6.20 Å². The molecule has 0 aliphatic rings. The molecule has 2 aromatic rings. The fourth-order valence-electron chi connectivity index (χ4n) is 1.41. The van der Waals surface area contributed by atoms with Gasteiger partial charge in [0.25, 0.3) is 5.88 Å². The van der Waals surface area contributed by atoms with Gasteiger partial charge in [-0.1, -0.05) is 30.3 Å². The lowest BCUT2D eigenvalue weighted by molar-refractivity contribution is -0.689. The van der Waals surface area contributed by atoms with Gasteiger partial charge in [0, 0.05) is 5.56 Å². The summed E-state index contributed by atoms with van der Waals surface area (Å²) in [7, 11) is 1.62. The molecule has 0 N–H and O–H groups in total. The average Bonchev–Trinajstić information content (AvgIpc) is 2.31. The van der Waals surface area contributed by atoms with Crippen molar-refractivity contribution in [2.24, 2.45) is 0 Å². The van der Waals surface area contributed by atoms with Crippen LogP contribution in [0.5, 0.6) is 5.88 Å². The number of benzene rings is 1. The normalized spacial score (nSPS) is 9.93. The standard InChI is InChI=1S/C12H13N2O/c1-15-12-10-14(8-7-13-12)9-11-5-3-2-4-6-11/h2-8,10H,9H2,1H3/q+1. The lowest BCUT2D eigenvalue weighted by Gasteiger charge is -1.98. The Labute approximate surface area is 89.0 Å². The summed E-state index contributed by atoms with van der Waals surface area (Å²) in [6.07, 6.45) is 5.55. The fourth-order valence-corrected chi connectivity index (χ4v) is 1.41. The quantitative estimate of drug-likeness (QED) is 0.702. The maximum atomic E-state index is 5.06. The van der Waals surface area contributed by atoms with Crippen molar-refractivity contribution in [2.45, 2.75) is 6.54 Å². The Morgan fingerprint density at radius 2 is 2.07 bits per heavy atom. The Morgan fingerprint density at radius 3 is 2.80 bits per heavy atom. The first-order chi connectivity index (χ1) is 7.38. The van der Waals surface area contributed by atoms with Gasteiger partial charge in [0.15, 0.2) is 12.7 Å². The molecule has 2 rings (SSSR count). The topological polar surface area (TPSA) is 26.0 Å². The van der Waals surface area contributed by atoms with Gasteiger partial charge in [0.05, 0.1) is 13.3 Å². The number of rotatable bonds is 3. The van der Waals surface area contributed by atoms with Crippen molar-refractivity contribution >= 4 is 0 Å². The van der Waals surface area contributed by atoms with E-state index >= 15 is 0 Å². The van der Waals surface area contributed by atoms with E-state index in [1.165, 1.54) is 5.56 Å². The van der Waals surface area contributed by atoms with E-state index in [1.54, 1.807) is 13.3 Å². The first-order valence-corrected chi connectivity index (χ1v) is 4.81. The van der Waals surface area contributed by atoms with Crippen LogP contribution in [0.25, 0.3) is 0 Å². The van der Waals surface area contributed by atoms with Crippen LogP contribution in [0.2, 0.25) is 0 Å². The van der Waals surface area contributed by atoms with Crippen molar-refractivity contribution < 1.29 is 9.30 Å². The molecule has 0 amide bonds. The summed E-state index contributed by atoms with van der Waals surface area (Å²) in [6.45, 7) is 0.833. The third-order valence-electron chi connectivity index (χ3n) is 2.15. The predicted octanol–water partition coefficient (Wildman–Crippen LogP) is 1.43. The van der Waals surface area contributed by atoms with Crippen molar-refractivity contribution in [3.8, 4) is 5.88 Å². The summed E-state index contributed by atoms with van der Waals surface area (Å²) in [5.74, 6) is 0.633. The highest BCUT2D eigenvalue weighted by molar-refractivity contribution is 5.13. The summed E-state index contributed by atoms with van der Waals surface area (Å²) in [5.41, 5.74) is 1.26. The van der Waals surface area contributed by atoms with E-state index in [-0.39, 0.29) is 0 Å². The minimum absolute atomic E-state index is 0.633. The summed E-state index contributed by atoms with van der Waals surface area (Å²) in [5, 5.41) is 0. The summed E-state index contributed by atoms with van der Waals surface area (Å²) < 4.78 is 7.10. The molecule has 0 bridgehead atoms. The van der Waals surface area contributed by atoms with E-state index < -0.39 is 0 Å². The van der Waals surface area contributed by atoms with Gasteiger partial charge in [-0.25, -0.2) is 4.98 Å². The molecule has 3 nitrogen and oxygen atoms in total. The summed E-state index contributed by atoms with van der Waals surface area (Å²) in [4.78, 5) is 4.06. The third-order valence-corrected chi connectivity index (χ3v) is 2.15. The number of hydrogen-bond acceptors (Lipinski definition) is 2. The Morgan fingerprint density at radius 1 is 1.27 bits per heavy atom. The summed E-state index contributed by atoms with van der Waals surface area (Å²) >= 11 is 0. The van der Waals surface area contributed by atoms with E-state index in [9.17, 15) is 0 Å². The molecule has 0 aliphatic heterocycles. The molecule has 0 unspecified atom stereocenters. The highest BCUT2D eigenvalue weighted by Crippen LogP contribution is 2.00. The van der Waals surface area contributed by atoms with E-state index in [0.29, 0.717) is 5.88 Å². The van der Waals surface area contributed by atoms with E-state index in [1.807, 2.05) is 35.2 Å². The lowest BCUT2D eigenvalue weighted by atomic mass is 10.2. The minimum Gasteiger partial charge on any atom is -0.477 e. The van der Waals surface area contributed by atoms with Gasteiger partial charge in [0.1, 0.15) is 0 Å². The zero-order chi connectivity index (χ0) is 10.5. The van der Waals surface area contributed by atoms with Crippen molar-refractivity contribution in [3.05, 3.63) is 54.5 Å². The van der Waals surface area contributed by atoms with E-state index in [4.69, 9.17) is 4.74 Å². The number of nitrogens with zero attached hydrogens (tertiary/aromatic N) is 2. The molecule has 0 saturated heterocycles. The monoisotopic (exact) mass is 201 g/mol. The molecule has 0 aliphatic carbocycles. The van der Waals surface area contributed by atoms with Gasteiger partial charge in [-0.3, -0.25) is 0 Å². The van der Waals surface area contributed by atoms with Gasteiger partial charge < -0.3 is 4.74 Å². The largest absolute Gasteiger partial charge is 0.477 e. The summed E-state index contributed by atoms with van der Waals surface area (Å²) in [6, 6.07) is 10.3. The lowest BCUT2D eigenvalue weighted by Crippen LogP contribution is -2.33. The molecule has 0 saturated carbocycles. The molecule has 76 valence electrons. The second-order valence-electron chi connectivity index (χ2n) is 3.26. The number of ether oxygens (including phenoxy) is 1. The molecule has 3 heteroatoms. The van der Waals surface area contributed by atoms with Crippen molar-refractivity contribution in [3.63, 3.8) is 0 Å². The van der Waals surface area contributed by atoms with Crippen LogP contribution >= 0.6 is 0 Å². The van der Waals surface area contributed by atoms with Crippen LogP contribution in [-0.4, -0.2) is 12.1 Å². The van der Waals surface area contributed by atoms with E-state index in [0.717, 1.165) is 6.54 Å². The second-order valence-corrected chi connectivity index (χ2v) is 3.26. The molecule has 0 radical (unpaired) electrons. The van der Waals surface area contributed by atoms with Crippen molar-refractivity contribution in [1.82, 2.24) is 4.98 Å². The Bertz CT molecular complexity index is 429. The molecule has 0 spiro atoms. The maximum absolute atomic E-state index is 5.06. The smallest absolute Gasteiger partial charge is 0.279 e.